The Balaban J connectivity index is 1.42. The number of thiazole rings is 1. The molecular formula is C17H18N6OS. The maximum atomic E-state index is 12.7. The summed E-state index contributed by atoms with van der Waals surface area (Å²) < 4.78 is 1.47. The lowest BCUT2D eigenvalue weighted by Gasteiger charge is -2.16. The molecule has 1 aromatic carbocycles. The lowest BCUT2D eigenvalue weighted by Crippen LogP contribution is -2.34. The minimum atomic E-state index is -0.572. The first-order valence-corrected chi connectivity index (χ1v) is 9.15. The Morgan fingerprint density at radius 1 is 1.28 bits per heavy atom. The highest BCUT2D eigenvalue weighted by Crippen LogP contribution is 2.27. The second kappa shape index (κ2) is 7.10. The third-order valence-corrected chi connectivity index (χ3v) is 5.49. The number of hydrogen-bond donors (Lipinski definition) is 1. The van der Waals surface area contributed by atoms with Crippen molar-refractivity contribution in [1.82, 2.24) is 30.5 Å². The van der Waals surface area contributed by atoms with Crippen molar-refractivity contribution in [2.45, 2.75) is 31.7 Å². The molecular weight excluding hydrogens is 336 g/mol. The van der Waals surface area contributed by atoms with Crippen LogP contribution in [-0.2, 0) is 24.1 Å². The van der Waals surface area contributed by atoms with Crippen LogP contribution in [0.4, 0.5) is 0 Å². The first-order valence-electron chi connectivity index (χ1n) is 8.34. The molecule has 7 nitrogen and oxygen atoms in total. The van der Waals surface area contributed by atoms with Crippen molar-refractivity contribution in [3.8, 4) is 0 Å². The first-order chi connectivity index (χ1) is 12.3. The number of aromatic nitrogens is 5. The van der Waals surface area contributed by atoms with Crippen LogP contribution >= 0.6 is 11.3 Å². The summed E-state index contributed by atoms with van der Waals surface area (Å²) in [6.07, 6.45) is 5.67. The van der Waals surface area contributed by atoms with E-state index < -0.39 is 6.04 Å². The Morgan fingerprint density at radius 2 is 2.16 bits per heavy atom. The number of carbonyl (C=O) groups is 1. The summed E-state index contributed by atoms with van der Waals surface area (Å²) in [6.45, 7) is 0.552. The van der Waals surface area contributed by atoms with E-state index in [0.717, 1.165) is 29.8 Å². The van der Waals surface area contributed by atoms with Crippen molar-refractivity contribution in [3.05, 3.63) is 57.8 Å². The van der Waals surface area contributed by atoms with Crippen LogP contribution in [0.5, 0.6) is 0 Å². The zero-order chi connectivity index (χ0) is 17.1. The van der Waals surface area contributed by atoms with Crippen LogP contribution < -0.4 is 5.32 Å². The normalized spacial score (nSPS) is 14.2. The molecule has 0 saturated carbocycles. The van der Waals surface area contributed by atoms with E-state index in [-0.39, 0.29) is 5.91 Å². The van der Waals surface area contributed by atoms with Crippen molar-refractivity contribution in [1.29, 1.82) is 0 Å². The highest BCUT2D eigenvalue weighted by molar-refractivity contribution is 7.11. The molecule has 0 saturated heterocycles. The first kappa shape index (κ1) is 15.9. The number of amides is 1. The molecule has 1 aliphatic carbocycles. The number of tetrazole rings is 1. The molecule has 0 bridgehead atoms. The minimum Gasteiger partial charge on any atom is -0.354 e. The smallest absolute Gasteiger partial charge is 0.249 e. The highest BCUT2D eigenvalue weighted by Gasteiger charge is 2.23. The second-order valence-electron chi connectivity index (χ2n) is 5.98. The maximum absolute atomic E-state index is 12.7. The quantitative estimate of drug-likeness (QED) is 0.726. The minimum absolute atomic E-state index is 0.123. The molecule has 1 unspecified atom stereocenters. The number of nitrogens with zero attached hydrogens (tertiary/aromatic N) is 5. The Hall–Kier alpha value is -2.61. The molecule has 1 atom stereocenters. The molecule has 1 aliphatic rings. The summed E-state index contributed by atoms with van der Waals surface area (Å²) in [5, 5.41) is 15.3. The van der Waals surface area contributed by atoms with Crippen LogP contribution in [0.1, 0.15) is 33.6 Å². The third-order valence-electron chi connectivity index (χ3n) is 4.27. The zero-order valence-electron chi connectivity index (χ0n) is 13.6. The van der Waals surface area contributed by atoms with Crippen LogP contribution in [0.2, 0.25) is 0 Å². The monoisotopic (exact) mass is 354 g/mol. The van der Waals surface area contributed by atoms with E-state index in [2.05, 4.69) is 25.8 Å². The van der Waals surface area contributed by atoms with Crippen molar-refractivity contribution in [2.24, 2.45) is 0 Å². The van der Waals surface area contributed by atoms with Gasteiger partial charge in [0.05, 0.1) is 10.7 Å². The van der Waals surface area contributed by atoms with Crippen LogP contribution in [0.3, 0.4) is 0 Å². The number of benzene rings is 1. The third kappa shape index (κ3) is 3.43. The molecule has 2 heterocycles. The average Bonchev–Trinajstić information content (AvgIpc) is 3.33. The maximum Gasteiger partial charge on any atom is 0.249 e. The summed E-state index contributed by atoms with van der Waals surface area (Å²) in [5.41, 5.74) is 2.10. The fourth-order valence-electron chi connectivity index (χ4n) is 3.09. The van der Waals surface area contributed by atoms with Gasteiger partial charge < -0.3 is 5.32 Å². The van der Waals surface area contributed by atoms with Crippen molar-refractivity contribution >= 4 is 17.2 Å². The molecule has 4 rings (SSSR count). The largest absolute Gasteiger partial charge is 0.354 e. The number of fused-ring (bicyclic) bond motifs is 1. The molecule has 0 fully saturated rings. The predicted octanol–water partition coefficient (Wildman–Crippen LogP) is 1.57. The lowest BCUT2D eigenvalue weighted by atomic mass is 10.1. The van der Waals surface area contributed by atoms with Crippen molar-refractivity contribution in [2.75, 3.05) is 6.54 Å². The fraction of sp³-hybridized carbons (Fsp3) is 0.353. The number of aryl methyl sites for hydroxylation is 2. The van der Waals surface area contributed by atoms with Gasteiger partial charge in [0.2, 0.25) is 5.91 Å². The van der Waals surface area contributed by atoms with Crippen LogP contribution in [0.25, 0.3) is 0 Å². The van der Waals surface area contributed by atoms with Gasteiger partial charge >= 0.3 is 0 Å². The molecule has 0 radical (unpaired) electrons. The molecule has 25 heavy (non-hydrogen) atoms. The molecule has 0 spiro atoms. The molecule has 1 N–H and O–H groups in total. The van der Waals surface area contributed by atoms with Gasteiger partial charge in [0.25, 0.3) is 0 Å². The molecule has 2 aromatic heterocycles. The van der Waals surface area contributed by atoms with E-state index in [4.69, 9.17) is 0 Å². The second-order valence-corrected chi connectivity index (χ2v) is 7.14. The van der Waals surface area contributed by atoms with E-state index in [9.17, 15) is 4.79 Å². The zero-order valence-corrected chi connectivity index (χ0v) is 14.4. The van der Waals surface area contributed by atoms with Gasteiger partial charge in [-0.05, 0) is 35.3 Å². The predicted molar refractivity (Wildman–Crippen MR) is 93.3 cm³/mol. The van der Waals surface area contributed by atoms with Crippen LogP contribution in [-0.4, -0.2) is 37.6 Å². The molecule has 128 valence electrons. The summed E-state index contributed by atoms with van der Waals surface area (Å²) in [4.78, 5) is 18.8. The van der Waals surface area contributed by atoms with Crippen LogP contribution in [0, 0.1) is 0 Å². The molecule has 1 amide bonds. The SMILES string of the molecule is O=C(NCCc1nc2c(s1)CCC2)C(c1ccccc1)n1cnnn1. The van der Waals surface area contributed by atoms with E-state index >= 15 is 0 Å². The summed E-state index contributed by atoms with van der Waals surface area (Å²) in [6, 6.07) is 8.94. The van der Waals surface area contributed by atoms with Crippen molar-refractivity contribution < 1.29 is 4.79 Å². The van der Waals surface area contributed by atoms with E-state index in [1.165, 1.54) is 28.0 Å². The Kier molecular flexibility index (Phi) is 4.51. The molecule has 0 aliphatic heterocycles. The summed E-state index contributed by atoms with van der Waals surface area (Å²) in [5.74, 6) is -0.123. The average molecular weight is 354 g/mol. The molecule has 3 aromatic rings. The fourth-order valence-corrected chi connectivity index (χ4v) is 4.24. The number of nitrogens with one attached hydrogen (secondary N) is 1. The molecule has 8 heteroatoms. The van der Waals surface area contributed by atoms with Gasteiger partial charge in [0, 0.05) is 17.8 Å². The van der Waals surface area contributed by atoms with Gasteiger partial charge in [-0.1, -0.05) is 30.3 Å². The standard InChI is InChI=1S/C17H18N6OS/c24-17(18-10-9-15-20-13-7-4-8-14(13)25-15)16(23-11-19-21-22-23)12-5-2-1-3-6-12/h1-3,5-6,11,16H,4,7-10H2,(H,18,24). The van der Waals surface area contributed by atoms with Crippen LogP contribution in [0.15, 0.2) is 36.7 Å². The Labute approximate surface area is 149 Å². The van der Waals surface area contributed by atoms with E-state index in [0.29, 0.717) is 6.54 Å². The van der Waals surface area contributed by atoms with Gasteiger partial charge in [0.1, 0.15) is 6.33 Å². The topological polar surface area (TPSA) is 85.6 Å². The van der Waals surface area contributed by atoms with Gasteiger partial charge in [0.15, 0.2) is 6.04 Å². The van der Waals surface area contributed by atoms with E-state index in [1.54, 1.807) is 11.3 Å². The van der Waals surface area contributed by atoms with Crippen molar-refractivity contribution in [3.63, 3.8) is 0 Å². The van der Waals surface area contributed by atoms with E-state index in [1.807, 2.05) is 30.3 Å². The van der Waals surface area contributed by atoms with Gasteiger partial charge in [-0.2, -0.15) is 0 Å². The number of carbonyl (C=O) groups excluding carboxylic acids is 1. The Morgan fingerprint density at radius 3 is 2.92 bits per heavy atom. The highest BCUT2D eigenvalue weighted by atomic mass is 32.1. The van der Waals surface area contributed by atoms with Gasteiger partial charge in [-0.15, -0.1) is 16.4 Å². The summed E-state index contributed by atoms with van der Waals surface area (Å²) >= 11 is 1.78. The summed E-state index contributed by atoms with van der Waals surface area (Å²) in [7, 11) is 0. The Bertz CT molecular complexity index is 824. The number of rotatable bonds is 6. The lowest BCUT2D eigenvalue weighted by molar-refractivity contribution is -0.123. The van der Waals surface area contributed by atoms with Gasteiger partial charge in [-0.3, -0.25) is 4.79 Å². The van der Waals surface area contributed by atoms with Gasteiger partial charge in [-0.25, -0.2) is 9.67 Å². The number of hydrogen-bond acceptors (Lipinski definition) is 6.